The highest BCUT2D eigenvalue weighted by Crippen LogP contribution is 2.33. The maximum atomic E-state index is 10.8. The molecule has 168 valence electrons. The minimum Gasteiger partial charge on any atom is -0.415 e. The van der Waals surface area contributed by atoms with Crippen molar-refractivity contribution in [2.75, 3.05) is 6.61 Å². The Morgan fingerprint density at radius 1 is 0.607 bits per heavy atom. The molecule has 0 aliphatic carbocycles. The molecule has 0 aromatic rings. The normalized spacial score (nSPS) is 30.5. The fourth-order valence-corrected chi connectivity index (χ4v) is 6.91. The fraction of sp³-hybridized carbons (Fsp3) is 1.00. The molecule has 1 aliphatic heterocycles. The number of ether oxygens (including phenoxy) is 1. The van der Waals surface area contributed by atoms with Crippen molar-refractivity contribution in [2.24, 2.45) is 0 Å². The van der Waals surface area contributed by atoms with E-state index in [0.717, 1.165) is 0 Å². The van der Waals surface area contributed by atoms with Gasteiger partial charge in [0.1, 0.15) is 24.4 Å². The van der Waals surface area contributed by atoms with Crippen LogP contribution in [0.15, 0.2) is 0 Å². The fourth-order valence-electron chi connectivity index (χ4n) is 2.99. The third kappa shape index (κ3) is 10.1. The zero-order chi connectivity index (χ0) is 22.1. The van der Waals surface area contributed by atoms with Gasteiger partial charge in [0.2, 0.25) is 0 Å². The quantitative estimate of drug-likeness (QED) is 0.511. The first-order valence-electron chi connectivity index (χ1n) is 10.3. The lowest BCUT2D eigenvalue weighted by Gasteiger charge is -2.49. The van der Waals surface area contributed by atoms with Crippen LogP contribution in [0.1, 0.15) is 0 Å². The molecule has 1 fully saturated rings. The third-order valence-electron chi connectivity index (χ3n) is 3.76. The Kier molecular flexibility index (Phi) is 8.96. The van der Waals surface area contributed by atoms with E-state index in [4.69, 9.17) is 22.4 Å². The Balaban J connectivity index is 3.26. The van der Waals surface area contributed by atoms with Crippen molar-refractivity contribution in [3.63, 3.8) is 0 Å². The first-order valence-corrected chi connectivity index (χ1v) is 23.9. The Labute approximate surface area is 176 Å². The van der Waals surface area contributed by atoms with E-state index in [1.54, 1.807) is 0 Å². The van der Waals surface area contributed by atoms with Gasteiger partial charge in [-0.25, -0.2) is 0 Å². The number of hydrogen-bond acceptors (Lipinski definition) is 6. The average Bonchev–Trinajstić information content (AvgIpc) is 2.39. The summed E-state index contributed by atoms with van der Waals surface area (Å²) in [6.07, 6.45) is -2.67. The van der Waals surface area contributed by atoms with Crippen molar-refractivity contribution in [1.29, 1.82) is 0 Å². The average molecular weight is 469 g/mol. The number of aliphatic hydroxyl groups excluding tert-OH is 1. The van der Waals surface area contributed by atoms with Gasteiger partial charge in [-0.3, -0.25) is 0 Å². The van der Waals surface area contributed by atoms with E-state index in [0.29, 0.717) is 6.61 Å². The summed E-state index contributed by atoms with van der Waals surface area (Å²) >= 11 is 0. The minimum atomic E-state index is -1.94. The molecular weight excluding hydrogens is 425 g/mol. The van der Waals surface area contributed by atoms with Crippen molar-refractivity contribution in [3.05, 3.63) is 0 Å². The predicted molar refractivity (Wildman–Crippen MR) is 125 cm³/mol. The highest BCUT2D eigenvalue weighted by Gasteiger charge is 2.51. The summed E-state index contributed by atoms with van der Waals surface area (Å²) in [5.41, 5.74) is 0. The van der Waals surface area contributed by atoms with Gasteiger partial charge in [-0.05, 0) is 78.6 Å². The number of aliphatic hydroxyl groups is 1. The largest absolute Gasteiger partial charge is 0.415 e. The van der Waals surface area contributed by atoms with Crippen LogP contribution in [0.25, 0.3) is 0 Å². The Morgan fingerprint density at radius 2 is 1.00 bits per heavy atom. The van der Waals surface area contributed by atoms with Crippen LogP contribution in [0.4, 0.5) is 0 Å². The molecule has 1 N–H and O–H groups in total. The van der Waals surface area contributed by atoms with Crippen molar-refractivity contribution < 1.29 is 27.5 Å². The van der Waals surface area contributed by atoms with Gasteiger partial charge in [0, 0.05) is 0 Å². The van der Waals surface area contributed by atoms with Crippen molar-refractivity contribution in [2.45, 2.75) is 109 Å². The first kappa shape index (κ1) is 26.7. The smallest absolute Gasteiger partial charge is 0.184 e. The molecule has 1 rings (SSSR count). The molecule has 0 aromatic carbocycles. The van der Waals surface area contributed by atoms with Crippen LogP contribution in [0.3, 0.4) is 0 Å². The molecule has 6 nitrogen and oxygen atoms in total. The van der Waals surface area contributed by atoms with Gasteiger partial charge in [-0.15, -0.1) is 0 Å². The number of rotatable bonds is 9. The molecule has 0 aromatic heterocycles. The Hall–Kier alpha value is 0.628. The molecule has 0 unspecified atom stereocenters. The van der Waals surface area contributed by atoms with E-state index < -0.39 is 45.7 Å². The topological polar surface area (TPSA) is 66.4 Å². The van der Waals surface area contributed by atoms with Gasteiger partial charge in [0.15, 0.2) is 39.6 Å². The minimum absolute atomic E-state index is 0.320. The van der Waals surface area contributed by atoms with E-state index in [1.807, 2.05) is 0 Å². The molecule has 5 atom stereocenters. The standard InChI is InChI=1S/C18H44O6Si4/c1-25(2,3)20-13-14-15(22-26(4,5)6)16(23-27(7,8)9)17(18(19)21-14)24-28(10,11)12/h14-19H,13H2,1-12H3/t14-,15+,16-,17-,18+/m0/s1. The SMILES string of the molecule is C[Si](C)(C)OC[C@@H]1O[C@@H](O)[C@@H](O[Si](C)(C)C)[C@@H](O[Si](C)(C)C)[C@@H]1O[Si](C)(C)C. The monoisotopic (exact) mass is 468 g/mol. The van der Waals surface area contributed by atoms with Crippen molar-refractivity contribution >= 4 is 33.3 Å². The van der Waals surface area contributed by atoms with Crippen LogP contribution in [0.5, 0.6) is 0 Å². The number of hydrogen-bond donors (Lipinski definition) is 1. The van der Waals surface area contributed by atoms with Gasteiger partial charge in [0.25, 0.3) is 0 Å². The molecule has 1 aliphatic rings. The van der Waals surface area contributed by atoms with Gasteiger partial charge in [-0.2, -0.15) is 0 Å². The molecule has 0 bridgehead atoms. The zero-order valence-electron chi connectivity index (χ0n) is 20.1. The summed E-state index contributed by atoms with van der Waals surface area (Å²) < 4.78 is 31.7. The van der Waals surface area contributed by atoms with E-state index in [-0.39, 0.29) is 18.3 Å². The lowest BCUT2D eigenvalue weighted by atomic mass is 9.99. The molecule has 0 saturated carbocycles. The van der Waals surface area contributed by atoms with Crippen LogP contribution in [-0.2, 0) is 22.4 Å². The summed E-state index contributed by atoms with van der Waals surface area (Å²) in [6.45, 7) is 26.1. The van der Waals surface area contributed by atoms with Crippen LogP contribution in [-0.4, -0.2) is 75.7 Å². The van der Waals surface area contributed by atoms with Crippen LogP contribution in [0.2, 0.25) is 78.6 Å². The van der Waals surface area contributed by atoms with Gasteiger partial charge in [-0.1, -0.05) is 0 Å². The first-order chi connectivity index (χ1) is 12.3. The van der Waals surface area contributed by atoms with Gasteiger partial charge >= 0.3 is 0 Å². The van der Waals surface area contributed by atoms with E-state index in [9.17, 15) is 5.11 Å². The molecule has 1 heterocycles. The zero-order valence-corrected chi connectivity index (χ0v) is 24.1. The second-order valence-corrected chi connectivity index (χ2v) is 29.5. The van der Waals surface area contributed by atoms with E-state index in [1.165, 1.54) is 0 Å². The van der Waals surface area contributed by atoms with E-state index in [2.05, 4.69) is 78.6 Å². The molecule has 28 heavy (non-hydrogen) atoms. The third-order valence-corrected chi connectivity index (χ3v) is 7.73. The second kappa shape index (κ2) is 9.41. The van der Waals surface area contributed by atoms with Crippen molar-refractivity contribution in [3.8, 4) is 0 Å². The maximum absolute atomic E-state index is 10.8. The summed E-state index contributed by atoms with van der Waals surface area (Å²) in [4.78, 5) is 0. The molecule has 1 saturated heterocycles. The molecule has 0 amide bonds. The molecule has 0 spiro atoms. The maximum Gasteiger partial charge on any atom is 0.184 e. The molecule has 0 radical (unpaired) electrons. The van der Waals surface area contributed by atoms with Crippen molar-refractivity contribution in [1.82, 2.24) is 0 Å². The van der Waals surface area contributed by atoms with Crippen LogP contribution in [0, 0.1) is 0 Å². The second-order valence-electron chi connectivity index (χ2n) is 11.6. The molecule has 10 heteroatoms. The lowest BCUT2D eigenvalue weighted by molar-refractivity contribution is -0.274. The van der Waals surface area contributed by atoms with E-state index >= 15 is 0 Å². The highest BCUT2D eigenvalue weighted by molar-refractivity contribution is 6.71. The van der Waals surface area contributed by atoms with Crippen LogP contribution >= 0.6 is 0 Å². The lowest BCUT2D eigenvalue weighted by Crippen LogP contribution is -2.66. The summed E-state index contributed by atoms with van der Waals surface area (Å²) in [6, 6.07) is 0. The Morgan fingerprint density at radius 3 is 1.39 bits per heavy atom. The van der Waals surface area contributed by atoms with Gasteiger partial charge in [0.05, 0.1) is 6.61 Å². The Bertz CT molecular complexity index is 492. The summed E-state index contributed by atoms with van der Waals surface area (Å²) in [7, 11) is -7.50. The predicted octanol–water partition coefficient (Wildman–Crippen LogP) is 4.22. The van der Waals surface area contributed by atoms with Gasteiger partial charge < -0.3 is 27.5 Å². The summed E-state index contributed by atoms with van der Waals surface area (Å²) in [5, 5.41) is 10.8. The van der Waals surface area contributed by atoms with Crippen LogP contribution < -0.4 is 0 Å². The highest BCUT2D eigenvalue weighted by atomic mass is 28.4. The summed E-state index contributed by atoms with van der Waals surface area (Å²) in [5.74, 6) is 0. The molecular formula is C18H44O6Si4.